The predicted molar refractivity (Wildman–Crippen MR) is 79.2 cm³/mol. The van der Waals surface area contributed by atoms with Gasteiger partial charge in [-0.2, -0.15) is 0 Å². The van der Waals surface area contributed by atoms with Crippen LogP contribution in [-0.2, 0) is 9.47 Å². The maximum absolute atomic E-state index is 12.0. The summed E-state index contributed by atoms with van der Waals surface area (Å²) in [4.78, 5) is 23.3. The highest BCUT2D eigenvalue weighted by atomic mass is 16.6. The highest BCUT2D eigenvalue weighted by molar-refractivity contribution is 5.93. The second kappa shape index (κ2) is 9.30. The molecule has 1 rings (SSSR count). The number of carbonyl (C=O) groups is 2. The molecule has 1 aromatic carbocycles. The van der Waals surface area contributed by atoms with E-state index < -0.39 is 49.6 Å². The third kappa shape index (κ3) is 4.98. The van der Waals surface area contributed by atoms with Crippen LogP contribution in [0, 0.1) is 0 Å². The molecule has 0 saturated heterocycles. The van der Waals surface area contributed by atoms with Gasteiger partial charge in [-0.15, -0.1) is 0 Å². The Balaban J connectivity index is 2.78. The van der Waals surface area contributed by atoms with Gasteiger partial charge in [0.15, 0.2) is 6.10 Å². The molecule has 0 heterocycles. The molecule has 0 fully saturated rings. The summed E-state index contributed by atoms with van der Waals surface area (Å²) in [5.74, 6) is -1.50. The summed E-state index contributed by atoms with van der Waals surface area (Å²) in [6.07, 6.45) is -6.81. The van der Waals surface area contributed by atoms with E-state index in [1.165, 1.54) is 31.4 Å². The Bertz CT molecular complexity index is 542. The second-order valence-electron chi connectivity index (χ2n) is 4.93. The third-order valence-electron chi connectivity index (χ3n) is 3.29. The van der Waals surface area contributed by atoms with E-state index in [1.807, 2.05) is 0 Å². The monoisotopic (exact) mass is 344 g/mol. The van der Waals surface area contributed by atoms with E-state index in [-0.39, 0.29) is 11.1 Å². The zero-order chi connectivity index (χ0) is 18.3. The molecule has 9 heteroatoms. The van der Waals surface area contributed by atoms with Crippen LogP contribution < -0.4 is 0 Å². The summed E-state index contributed by atoms with van der Waals surface area (Å²) < 4.78 is 9.40. The molecule has 0 aliphatic rings. The number of esters is 2. The van der Waals surface area contributed by atoms with Crippen LogP contribution in [0.1, 0.15) is 20.7 Å². The van der Waals surface area contributed by atoms with Crippen LogP contribution >= 0.6 is 0 Å². The number of hydrogen-bond acceptors (Lipinski definition) is 9. The lowest BCUT2D eigenvalue weighted by atomic mass is 10.0. The van der Waals surface area contributed by atoms with Gasteiger partial charge >= 0.3 is 11.9 Å². The quantitative estimate of drug-likeness (QED) is 0.339. The van der Waals surface area contributed by atoms with Crippen LogP contribution in [0.3, 0.4) is 0 Å². The van der Waals surface area contributed by atoms with E-state index >= 15 is 0 Å². The fraction of sp³-hybridized carbons (Fsp3) is 0.467. The van der Waals surface area contributed by atoms with Crippen molar-refractivity contribution in [3.63, 3.8) is 0 Å². The largest absolute Gasteiger partial charge is 0.465 e. The maximum atomic E-state index is 12.0. The van der Waals surface area contributed by atoms with Crippen molar-refractivity contribution in [2.24, 2.45) is 0 Å². The first-order chi connectivity index (χ1) is 11.3. The van der Waals surface area contributed by atoms with Gasteiger partial charge in [0.2, 0.25) is 0 Å². The minimum atomic E-state index is -1.82. The van der Waals surface area contributed by atoms with E-state index in [1.54, 1.807) is 0 Å². The lowest BCUT2D eigenvalue weighted by Crippen LogP contribution is -2.48. The third-order valence-corrected chi connectivity index (χ3v) is 3.29. The Morgan fingerprint density at radius 3 is 1.83 bits per heavy atom. The Morgan fingerprint density at radius 2 is 1.42 bits per heavy atom. The van der Waals surface area contributed by atoms with Gasteiger partial charge in [0.05, 0.1) is 31.5 Å². The summed E-state index contributed by atoms with van der Waals surface area (Å²) in [5, 5.41) is 46.6. The molecule has 0 aliphatic heterocycles. The molecule has 0 spiro atoms. The molecule has 0 amide bonds. The zero-order valence-corrected chi connectivity index (χ0v) is 12.9. The molecule has 0 radical (unpaired) electrons. The van der Waals surface area contributed by atoms with E-state index in [2.05, 4.69) is 4.74 Å². The normalized spacial score (nSPS) is 15.9. The topological polar surface area (TPSA) is 154 Å². The van der Waals surface area contributed by atoms with Crippen molar-refractivity contribution in [1.82, 2.24) is 0 Å². The average molecular weight is 344 g/mol. The van der Waals surface area contributed by atoms with E-state index in [0.717, 1.165) is 0 Å². The Labute approximate surface area is 137 Å². The van der Waals surface area contributed by atoms with Crippen molar-refractivity contribution in [2.75, 3.05) is 20.3 Å². The van der Waals surface area contributed by atoms with Crippen LogP contribution in [0.25, 0.3) is 0 Å². The van der Waals surface area contributed by atoms with Crippen LogP contribution in [-0.4, -0.2) is 82.2 Å². The molecule has 0 aliphatic carbocycles. The van der Waals surface area contributed by atoms with Gasteiger partial charge in [0, 0.05) is 0 Å². The summed E-state index contributed by atoms with van der Waals surface area (Å²) in [7, 11) is 1.21. The average Bonchev–Trinajstić information content (AvgIpc) is 2.63. The van der Waals surface area contributed by atoms with E-state index in [4.69, 9.17) is 9.84 Å². The lowest BCUT2D eigenvalue weighted by molar-refractivity contribution is -0.126. The number of rotatable bonds is 8. The number of ether oxygens (including phenoxy) is 2. The lowest BCUT2D eigenvalue weighted by Gasteiger charge is -2.27. The summed E-state index contributed by atoms with van der Waals surface area (Å²) in [5.41, 5.74) is 0.250. The number of aliphatic hydroxyl groups excluding tert-OH is 5. The standard InChI is InChI=1S/C15H20O9/c1-23-14(21)8-2-4-9(5-3-8)15(22)24-11(7-17)13(20)12(19)10(18)6-16/h2-5,10-13,16-20H,6-7H2,1H3. The van der Waals surface area contributed by atoms with Crippen molar-refractivity contribution < 1.29 is 44.6 Å². The van der Waals surface area contributed by atoms with E-state index in [0.29, 0.717) is 0 Å². The predicted octanol–water partition coefficient (Wildman–Crippen LogP) is -1.93. The second-order valence-corrected chi connectivity index (χ2v) is 4.93. The van der Waals surface area contributed by atoms with Crippen molar-refractivity contribution in [3.8, 4) is 0 Å². The van der Waals surface area contributed by atoms with Gasteiger partial charge in [-0.05, 0) is 24.3 Å². The van der Waals surface area contributed by atoms with Crippen molar-refractivity contribution in [1.29, 1.82) is 0 Å². The summed E-state index contributed by atoms with van der Waals surface area (Å²) in [6.45, 7) is -1.64. The first kappa shape index (κ1) is 20.0. The summed E-state index contributed by atoms with van der Waals surface area (Å²) >= 11 is 0. The molecule has 1 aromatic rings. The number of benzene rings is 1. The number of hydrogen-bond donors (Lipinski definition) is 5. The molecule has 0 bridgehead atoms. The number of aliphatic hydroxyl groups is 5. The van der Waals surface area contributed by atoms with Gasteiger partial charge in [-0.25, -0.2) is 9.59 Å². The Morgan fingerprint density at radius 1 is 0.917 bits per heavy atom. The molecule has 0 saturated carbocycles. The fourth-order valence-corrected chi connectivity index (χ4v) is 1.84. The smallest absolute Gasteiger partial charge is 0.338 e. The SMILES string of the molecule is COC(=O)c1ccc(C(=O)OC(CO)C(O)C(O)C(O)CO)cc1. The fourth-order valence-electron chi connectivity index (χ4n) is 1.84. The molecule has 4 unspecified atom stereocenters. The van der Waals surface area contributed by atoms with Gasteiger partial charge in [-0.1, -0.05) is 0 Å². The van der Waals surface area contributed by atoms with Crippen LogP contribution in [0.15, 0.2) is 24.3 Å². The van der Waals surface area contributed by atoms with Crippen molar-refractivity contribution >= 4 is 11.9 Å². The highest BCUT2D eigenvalue weighted by Gasteiger charge is 2.33. The molecule has 4 atom stereocenters. The molecule has 134 valence electrons. The van der Waals surface area contributed by atoms with Gasteiger partial charge in [0.1, 0.15) is 18.3 Å². The number of methoxy groups -OCH3 is 1. The van der Waals surface area contributed by atoms with Gasteiger partial charge in [0.25, 0.3) is 0 Å². The highest BCUT2D eigenvalue weighted by Crippen LogP contribution is 2.12. The van der Waals surface area contributed by atoms with Crippen LogP contribution in [0.5, 0.6) is 0 Å². The summed E-state index contributed by atoms with van der Waals surface area (Å²) in [6, 6.07) is 5.23. The van der Waals surface area contributed by atoms with Crippen LogP contribution in [0.2, 0.25) is 0 Å². The minimum Gasteiger partial charge on any atom is -0.465 e. The first-order valence-electron chi connectivity index (χ1n) is 7.01. The Hall–Kier alpha value is -2.04. The van der Waals surface area contributed by atoms with Gasteiger partial charge < -0.3 is 35.0 Å². The first-order valence-corrected chi connectivity index (χ1v) is 7.01. The van der Waals surface area contributed by atoms with Crippen molar-refractivity contribution in [2.45, 2.75) is 24.4 Å². The van der Waals surface area contributed by atoms with Gasteiger partial charge in [-0.3, -0.25) is 0 Å². The molecular formula is C15H20O9. The number of carbonyl (C=O) groups excluding carboxylic acids is 2. The molecule has 0 aromatic heterocycles. The van der Waals surface area contributed by atoms with Crippen molar-refractivity contribution in [3.05, 3.63) is 35.4 Å². The molecule has 9 nitrogen and oxygen atoms in total. The van der Waals surface area contributed by atoms with Crippen LogP contribution in [0.4, 0.5) is 0 Å². The zero-order valence-electron chi connectivity index (χ0n) is 12.9. The maximum Gasteiger partial charge on any atom is 0.338 e. The van der Waals surface area contributed by atoms with E-state index in [9.17, 15) is 30.0 Å². The molecular weight excluding hydrogens is 324 g/mol. The Kier molecular flexibility index (Phi) is 7.75. The molecule has 5 N–H and O–H groups in total. The minimum absolute atomic E-state index is 0.0329. The molecule has 24 heavy (non-hydrogen) atoms.